The molecule has 0 bridgehead atoms. The summed E-state index contributed by atoms with van der Waals surface area (Å²) in [6, 6.07) is 11.5. The average Bonchev–Trinajstić information content (AvgIpc) is 2.50. The van der Waals surface area contributed by atoms with Crippen LogP contribution in [-0.4, -0.2) is 16.9 Å². The van der Waals surface area contributed by atoms with Gasteiger partial charge >= 0.3 is 0 Å². The SMILES string of the molecule is Cc1ccc(NC(=O)C(C)NC(C)c2ccncc2)cc1. The van der Waals surface area contributed by atoms with Gasteiger partial charge in [-0.2, -0.15) is 0 Å². The molecule has 2 rings (SSSR count). The molecule has 1 amide bonds. The Morgan fingerprint density at radius 1 is 1.05 bits per heavy atom. The van der Waals surface area contributed by atoms with E-state index < -0.39 is 0 Å². The van der Waals surface area contributed by atoms with Crippen molar-refractivity contribution in [3.63, 3.8) is 0 Å². The van der Waals surface area contributed by atoms with Crippen molar-refractivity contribution in [1.29, 1.82) is 0 Å². The molecule has 2 N–H and O–H groups in total. The average molecular weight is 283 g/mol. The first-order valence-corrected chi connectivity index (χ1v) is 7.10. The minimum absolute atomic E-state index is 0.0419. The molecule has 4 nitrogen and oxygen atoms in total. The maximum absolute atomic E-state index is 12.2. The van der Waals surface area contributed by atoms with Crippen LogP contribution in [0, 0.1) is 6.92 Å². The number of benzene rings is 1. The summed E-state index contributed by atoms with van der Waals surface area (Å²) in [6.07, 6.45) is 3.51. The molecule has 1 heterocycles. The van der Waals surface area contributed by atoms with Gasteiger partial charge in [0.2, 0.25) is 5.91 Å². The van der Waals surface area contributed by atoms with E-state index in [1.54, 1.807) is 12.4 Å². The Balaban J connectivity index is 1.92. The number of amides is 1. The molecule has 0 aliphatic heterocycles. The maximum atomic E-state index is 12.2. The van der Waals surface area contributed by atoms with Gasteiger partial charge < -0.3 is 5.32 Å². The summed E-state index contributed by atoms with van der Waals surface area (Å²) in [5.74, 6) is -0.0419. The lowest BCUT2D eigenvalue weighted by atomic mass is 10.1. The Hall–Kier alpha value is -2.20. The van der Waals surface area contributed by atoms with E-state index in [0.29, 0.717) is 0 Å². The van der Waals surface area contributed by atoms with E-state index in [1.807, 2.05) is 57.2 Å². The second kappa shape index (κ2) is 6.99. The number of rotatable bonds is 5. The van der Waals surface area contributed by atoms with E-state index in [9.17, 15) is 4.79 Å². The van der Waals surface area contributed by atoms with Crippen LogP contribution in [0.5, 0.6) is 0 Å². The lowest BCUT2D eigenvalue weighted by molar-refractivity contribution is -0.117. The van der Waals surface area contributed by atoms with Crippen molar-refractivity contribution >= 4 is 11.6 Å². The minimum Gasteiger partial charge on any atom is -0.325 e. The van der Waals surface area contributed by atoms with Crippen LogP contribution in [0.4, 0.5) is 5.69 Å². The molecule has 110 valence electrons. The highest BCUT2D eigenvalue weighted by atomic mass is 16.2. The number of hydrogen-bond donors (Lipinski definition) is 2. The highest BCUT2D eigenvalue weighted by Gasteiger charge is 2.16. The van der Waals surface area contributed by atoms with E-state index >= 15 is 0 Å². The van der Waals surface area contributed by atoms with Crippen molar-refractivity contribution in [2.45, 2.75) is 32.9 Å². The van der Waals surface area contributed by atoms with E-state index in [4.69, 9.17) is 0 Å². The monoisotopic (exact) mass is 283 g/mol. The predicted octanol–water partition coefficient (Wildman–Crippen LogP) is 3.07. The largest absolute Gasteiger partial charge is 0.325 e. The number of hydrogen-bond acceptors (Lipinski definition) is 3. The zero-order valence-corrected chi connectivity index (χ0v) is 12.6. The van der Waals surface area contributed by atoms with Crippen LogP contribution < -0.4 is 10.6 Å². The first-order chi connectivity index (χ1) is 10.1. The molecule has 0 saturated carbocycles. The smallest absolute Gasteiger partial charge is 0.241 e. The highest BCUT2D eigenvalue weighted by molar-refractivity contribution is 5.94. The van der Waals surface area contributed by atoms with Gasteiger partial charge in [-0.3, -0.25) is 15.1 Å². The number of aromatic nitrogens is 1. The summed E-state index contributed by atoms with van der Waals surface area (Å²) in [4.78, 5) is 16.2. The summed E-state index contributed by atoms with van der Waals surface area (Å²) in [5, 5.41) is 6.20. The quantitative estimate of drug-likeness (QED) is 0.886. The molecule has 0 spiro atoms. The van der Waals surface area contributed by atoms with Crippen molar-refractivity contribution in [3.05, 3.63) is 59.9 Å². The number of nitrogens with zero attached hydrogens (tertiary/aromatic N) is 1. The van der Waals surface area contributed by atoms with Gasteiger partial charge in [-0.1, -0.05) is 17.7 Å². The molecule has 1 aromatic heterocycles. The fourth-order valence-electron chi connectivity index (χ4n) is 2.09. The van der Waals surface area contributed by atoms with Crippen LogP contribution in [0.3, 0.4) is 0 Å². The summed E-state index contributed by atoms with van der Waals surface area (Å²) < 4.78 is 0. The topological polar surface area (TPSA) is 54.0 Å². The predicted molar refractivity (Wildman–Crippen MR) is 85.1 cm³/mol. The number of anilines is 1. The maximum Gasteiger partial charge on any atom is 0.241 e. The summed E-state index contributed by atoms with van der Waals surface area (Å²) >= 11 is 0. The number of nitrogens with one attached hydrogen (secondary N) is 2. The molecule has 0 aliphatic rings. The number of carbonyl (C=O) groups is 1. The first kappa shape index (κ1) is 15.2. The third-order valence-electron chi connectivity index (χ3n) is 3.42. The van der Waals surface area contributed by atoms with Crippen molar-refractivity contribution < 1.29 is 4.79 Å². The third-order valence-corrected chi connectivity index (χ3v) is 3.42. The number of aryl methyl sites for hydroxylation is 1. The molecule has 1 aromatic carbocycles. The number of pyridine rings is 1. The molecular weight excluding hydrogens is 262 g/mol. The second-order valence-electron chi connectivity index (χ2n) is 5.25. The summed E-state index contributed by atoms with van der Waals surface area (Å²) in [5.41, 5.74) is 3.10. The Bertz CT molecular complexity index is 581. The van der Waals surface area contributed by atoms with Crippen LogP contribution in [-0.2, 0) is 4.79 Å². The Morgan fingerprint density at radius 2 is 1.67 bits per heavy atom. The molecule has 0 aliphatic carbocycles. The molecule has 0 radical (unpaired) electrons. The normalized spacial score (nSPS) is 13.5. The Morgan fingerprint density at radius 3 is 2.29 bits per heavy atom. The van der Waals surface area contributed by atoms with Gasteiger partial charge in [-0.05, 0) is 50.6 Å². The van der Waals surface area contributed by atoms with Crippen molar-refractivity contribution in [2.24, 2.45) is 0 Å². The molecule has 2 unspecified atom stereocenters. The summed E-state index contributed by atoms with van der Waals surface area (Å²) in [6.45, 7) is 5.92. The van der Waals surface area contributed by atoms with Crippen LogP contribution >= 0.6 is 0 Å². The van der Waals surface area contributed by atoms with E-state index in [-0.39, 0.29) is 18.0 Å². The zero-order valence-electron chi connectivity index (χ0n) is 12.6. The van der Waals surface area contributed by atoms with Crippen LogP contribution in [0.2, 0.25) is 0 Å². The number of carbonyl (C=O) groups excluding carboxylic acids is 1. The highest BCUT2D eigenvalue weighted by Crippen LogP contribution is 2.12. The van der Waals surface area contributed by atoms with E-state index in [1.165, 1.54) is 5.56 Å². The lowest BCUT2D eigenvalue weighted by Gasteiger charge is -2.20. The van der Waals surface area contributed by atoms with Gasteiger partial charge in [0.15, 0.2) is 0 Å². The fraction of sp³-hybridized carbons (Fsp3) is 0.294. The molecule has 2 aromatic rings. The molecule has 2 atom stereocenters. The van der Waals surface area contributed by atoms with Crippen molar-refractivity contribution in [3.8, 4) is 0 Å². The van der Waals surface area contributed by atoms with Crippen LogP contribution in [0.15, 0.2) is 48.8 Å². The molecule has 21 heavy (non-hydrogen) atoms. The zero-order chi connectivity index (χ0) is 15.2. The Labute approximate surface area is 125 Å². The molecule has 0 saturated heterocycles. The van der Waals surface area contributed by atoms with Crippen molar-refractivity contribution in [1.82, 2.24) is 10.3 Å². The summed E-state index contributed by atoms with van der Waals surface area (Å²) in [7, 11) is 0. The second-order valence-corrected chi connectivity index (χ2v) is 5.25. The Kier molecular flexibility index (Phi) is 5.06. The fourth-order valence-corrected chi connectivity index (χ4v) is 2.09. The van der Waals surface area contributed by atoms with Gasteiger partial charge in [-0.25, -0.2) is 0 Å². The van der Waals surface area contributed by atoms with Gasteiger partial charge in [0.05, 0.1) is 6.04 Å². The van der Waals surface area contributed by atoms with Crippen LogP contribution in [0.25, 0.3) is 0 Å². The van der Waals surface area contributed by atoms with Crippen LogP contribution in [0.1, 0.15) is 31.0 Å². The molecular formula is C17H21N3O. The minimum atomic E-state index is -0.283. The van der Waals surface area contributed by atoms with Gasteiger partial charge in [0, 0.05) is 24.1 Å². The van der Waals surface area contributed by atoms with Gasteiger partial charge in [-0.15, -0.1) is 0 Å². The van der Waals surface area contributed by atoms with Crippen molar-refractivity contribution in [2.75, 3.05) is 5.32 Å². The molecule has 0 fully saturated rings. The van der Waals surface area contributed by atoms with E-state index in [2.05, 4.69) is 15.6 Å². The van der Waals surface area contributed by atoms with Gasteiger partial charge in [0.25, 0.3) is 0 Å². The first-order valence-electron chi connectivity index (χ1n) is 7.10. The van der Waals surface area contributed by atoms with Gasteiger partial charge in [0.1, 0.15) is 0 Å². The third kappa shape index (κ3) is 4.39. The lowest BCUT2D eigenvalue weighted by Crippen LogP contribution is -2.39. The standard InChI is InChI=1S/C17H21N3O/c1-12-4-6-16(7-5-12)20-17(21)14(3)19-13(2)15-8-10-18-11-9-15/h4-11,13-14,19H,1-3H3,(H,20,21). The van der Waals surface area contributed by atoms with E-state index in [0.717, 1.165) is 11.3 Å². The molecule has 4 heteroatoms.